The van der Waals surface area contributed by atoms with Crippen LogP contribution in [0.5, 0.6) is 0 Å². The van der Waals surface area contributed by atoms with Gasteiger partial charge in [0.2, 0.25) is 5.91 Å². The first kappa shape index (κ1) is 14.7. The lowest BCUT2D eigenvalue weighted by Gasteiger charge is -2.19. The van der Waals surface area contributed by atoms with E-state index in [0.29, 0.717) is 12.3 Å². The summed E-state index contributed by atoms with van der Waals surface area (Å²) in [5.74, 6) is 0.564. The molecule has 0 bridgehead atoms. The predicted octanol–water partition coefficient (Wildman–Crippen LogP) is 4.57. The SMILES string of the molecule is CC[C@@H](C)c1ccccc1NC(=O)CC(C)(C)C. The molecule has 1 N–H and O–H groups in total. The van der Waals surface area contributed by atoms with Crippen LogP contribution >= 0.6 is 0 Å². The third kappa shape index (κ3) is 4.52. The Morgan fingerprint density at radius 1 is 1.28 bits per heavy atom. The van der Waals surface area contributed by atoms with E-state index in [1.54, 1.807) is 0 Å². The maximum atomic E-state index is 12.0. The summed E-state index contributed by atoms with van der Waals surface area (Å²) in [6, 6.07) is 8.09. The van der Waals surface area contributed by atoms with E-state index in [-0.39, 0.29) is 11.3 Å². The first-order valence-electron chi connectivity index (χ1n) is 6.72. The minimum atomic E-state index is 0.0232. The van der Waals surface area contributed by atoms with Gasteiger partial charge >= 0.3 is 0 Å². The molecule has 0 radical (unpaired) electrons. The van der Waals surface area contributed by atoms with Crippen LogP contribution in [0.15, 0.2) is 24.3 Å². The highest BCUT2D eigenvalue weighted by Crippen LogP contribution is 2.27. The van der Waals surface area contributed by atoms with Gasteiger partial charge in [0, 0.05) is 12.1 Å². The molecule has 0 aliphatic rings. The average molecular weight is 247 g/mol. The van der Waals surface area contributed by atoms with Crippen molar-refractivity contribution in [1.29, 1.82) is 0 Å². The van der Waals surface area contributed by atoms with Crippen LogP contribution in [0.25, 0.3) is 0 Å². The normalized spacial score (nSPS) is 13.2. The van der Waals surface area contributed by atoms with Crippen molar-refractivity contribution in [3.8, 4) is 0 Å². The van der Waals surface area contributed by atoms with Crippen LogP contribution in [0.2, 0.25) is 0 Å². The molecule has 100 valence electrons. The molecule has 0 aliphatic carbocycles. The van der Waals surface area contributed by atoms with E-state index in [1.165, 1.54) is 5.56 Å². The summed E-state index contributed by atoms with van der Waals surface area (Å²) in [5, 5.41) is 3.04. The summed E-state index contributed by atoms with van der Waals surface area (Å²) < 4.78 is 0. The standard InChI is InChI=1S/C16H25NO/c1-6-12(2)13-9-7-8-10-14(13)17-15(18)11-16(3,4)5/h7-10,12H,6,11H2,1-5H3,(H,17,18)/t12-/m1/s1. The molecule has 0 heterocycles. The Morgan fingerprint density at radius 2 is 1.89 bits per heavy atom. The van der Waals surface area contributed by atoms with Gasteiger partial charge in [-0.25, -0.2) is 0 Å². The Morgan fingerprint density at radius 3 is 2.44 bits per heavy atom. The van der Waals surface area contributed by atoms with Crippen molar-refractivity contribution < 1.29 is 4.79 Å². The molecule has 1 aromatic rings. The minimum Gasteiger partial charge on any atom is -0.326 e. The van der Waals surface area contributed by atoms with Gasteiger partial charge in [-0.3, -0.25) is 4.79 Å². The zero-order valence-corrected chi connectivity index (χ0v) is 12.2. The summed E-state index contributed by atoms with van der Waals surface area (Å²) >= 11 is 0. The van der Waals surface area contributed by atoms with Crippen LogP contribution in [0.1, 0.15) is 58.9 Å². The topological polar surface area (TPSA) is 29.1 Å². The fraction of sp³-hybridized carbons (Fsp3) is 0.562. The zero-order valence-electron chi connectivity index (χ0n) is 12.2. The molecule has 2 nitrogen and oxygen atoms in total. The third-order valence-electron chi connectivity index (χ3n) is 3.07. The molecule has 1 aromatic carbocycles. The number of nitrogens with one attached hydrogen (secondary N) is 1. The molecule has 2 heteroatoms. The van der Waals surface area contributed by atoms with E-state index >= 15 is 0 Å². The lowest BCUT2D eigenvalue weighted by Crippen LogP contribution is -2.20. The van der Waals surface area contributed by atoms with Gasteiger partial charge < -0.3 is 5.32 Å². The quantitative estimate of drug-likeness (QED) is 0.829. The number of anilines is 1. The number of para-hydroxylation sites is 1. The fourth-order valence-electron chi connectivity index (χ4n) is 1.94. The van der Waals surface area contributed by atoms with E-state index in [2.05, 4.69) is 46.0 Å². The van der Waals surface area contributed by atoms with Gasteiger partial charge in [0.25, 0.3) is 0 Å². The number of rotatable bonds is 4. The number of carbonyl (C=O) groups is 1. The summed E-state index contributed by atoms with van der Waals surface area (Å²) in [7, 11) is 0. The van der Waals surface area contributed by atoms with Crippen molar-refractivity contribution in [3.05, 3.63) is 29.8 Å². The summed E-state index contributed by atoms with van der Waals surface area (Å²) in [6.07, 6.45) is 1.62. The van der Waals surface area contributed by atoms with E-state index in [0.717, 1.165) is 12.1 Å². The highest BCUT2D eigenvalue weighted by Gasteiger charge is 2.17. The van der Waals surface area contributed by atoms with Crippen molar-refractivity contribution in [2.45, 2.75) is 53.4 Å². The molecule has 18 heavy (non-hydrogen) atoms. The Hall–Kier alpha value is -1.31. The van der Waals surface area contributed by atoms with Gasteiger partial charge in [0.15, 0.2) is 0 Å². The Labute approximate surface area is 111 Å². The van der Waals surface area contributed by atoms with Crippen LogP contribution in [0.4, 0.5) is 5.69 Å². The second kappa shape index (κ2) is 6.03. The van der Waals surface area contributed by atoms with E-state index in [9.17, 15) is 4.79 Å². The molecule has 0 saturated heterocycles. The molecule has 0 saturated carbocycles. The molecule has 0 unspecified atom stereocenters. The van der Waals surface area contributed by atoms with Crippen molar-refractivity contribution >= 4 is 11.6 Å². The van der Waals surface area contributed by atoms with E-state index < -0.39 is 0 Å². The average Bonchev–Trinajstić information content (AvgIpc) is 2.26. The van der Waals surface area contributed by atoms with E-state index in [4.69, 9.17) is 0 Å². The fourth-order valence-corrected chi connectivity index (χ4v) is 1.94. The Kier molecular flexibility index (Phi) is 4.94. The molecule has 0 aromatic heterocycles. The predicted molar refractivity (Wildman–Crippen MR) is 77.8 cm³/mol. The van der Waals surface area contributed by atoms with Crippen molar-refractivity contribution in [2.75, 3.05) is 5.32 Å². The molecule has 1 rings (SSSR count). The van der Waals surface area contributed by atoms with Gasteiger partial charge in [0.05, 0.1) is 0 Å². The number of hydrogen-bond donors (Lipinski definition) is 1. The molecule has 1 amide bonds. The van der Waals surface area contributed by atoms with Crippen LogP contribution in [-0.2, 0) is 4.79 Å². The lowest BCUT2D eigenvalue weighted by atomic mass is 9.91. The Bertz CT molecular complexity index is 404. The second-order valence-electron chi connectivity index (χ2n) is 6.18. The lowest BCUT2D eigenvalue weighted by molar-refractivity contribution is -0.117. The second-order valence-corrected chi connectivity index (χ2v) is 6.18. The van der Waals surface area contributed by atoms with Gasteiger partial charge in [-0.15, -0.1) is 0 Å². The van der Waals surface area contributed by atoms with Gasteiger partial charge in [0.1, 0.15) is 0 Å². The molecular formula is C16H25NO. The van der Waals surface area contributed by atoms with Crippen LogP contribution in [0, 0.1) is 5.41 Å². The number of benzene rings is 1. The molecule has 1 atom stereocenters. The van der Waals surface area contributed by atoms with Crippen LogP contribution in [-0.4, -0.2) is 5.91 Å². The van der Waals surface area contributed by atoms with Crippen LogP contribution in [0.3, 0.4) is 0 Å². The number of carbonyl (C=O) groups excluding carboxylic acids is 1. The first-order valence-corrected chi connectivity index (χ1v) is 6.72. The van der Waals surface area contributed by atoms with Gasteiger partial charge in [-0.2, -0.15) is 0 Å². The highest BCUT2D eigenvalue weighted by atomic mass is 16.1. The van der Waals surface area contributed by atoms with Crippen molar-refractivity contribution in [1.82, 2.24) is 0 Å². The maximum Gasteiger partial charge on any atom is 0.224 e. The van der Waals surface area contributed by atoms with Crippen LogP contribution < -0.4 is 5.32 Å². The monoisotopic (exact) mass is 247 g/mol. The number of amides is 1. The Balaban J connectivity index is 2.81. The van der Waals surface area contributed by atoms with Gasteiger partial charge in [-0.1, -0.05) is 52.8 Å². The number of hydrogen-bond acceptors (Lipinski definition) is 1. The molecular weight excluding hydrogens is 222 g/mol. The summed E-state index contributed by atoms with van der Waals surface area (Å²) in [5.41, 5.74) is 2.21. The van der Waals surface area contributed by atoms with Crippen molar-refractivity contribution in [2.24, 2.45) is 5.41 Å². The van der Waals surface area contributed by atoms with Crippen molar-refractivity contribution in [3.63, 3.8) is 0 Å². The van der Waals surface area contributed by atoms with Gasteiger partial charge in [-0.05, 0) is 29.4 Å². The zero-order chi connectivity index (χ0) is 13.8. The van der Waals surface area contributed by atoms with E-state index in [1.807, 2.05) is 18.2 Å². The third-order valence-corrected chi connectivity index (χ3v) is 3.07. The first-order chi connectivity index (χ1) is 8.33. The minimum absolute atomic E-state index is 0.0232. The maximum absolute atomic E-state index is 12.0. The summed E-state index contributed by atoms with van der Waals surface area (Å²) in [6.45, 7) is 10.6. The smallest absolute Gasteiger partial charge is 0.224 e. The molecule has 0 fully saturated rings. The summed E-state index contributed by atoms with van der Waals surface area (Å²) in [4.78, 5) is 12.0. The largest absolute Gasteiger partial charge is 0.326 e. The molecule has 0 aliphatic heterocycles. The molecule has 0 spiro atoms. The highest BCUT2D eigenvalue weighted by molar-refractivity contribution is 5.92.